The molecule has 3 N–H and O–H groups in total. The first-order chi connectivity index (χ1) is 9.90. The third-order valence-electron chi connectivity index (χ3n) is 4.08. The number of hydrogen-bond acceptors (Lipinski definition) is 5. The Labute approximate surface area is 126 Å². The summed E-state index contributed by atoms with van der Waals surface area (Å²) in [6.45, 7) is 6.65. The molecule has 1 aliphatic heterocycles. The van der Waals surface area contributed by atoms with Gasteiger partial charge in [-0.25, -0.2) is 13.1 Å². The Kier molecular flexibility index (Phi) is 5.08. The first kappa shape index (κ1) is 16.5. The molecule has 21 heavy (non-hydrogen) atoms. The maximum Gasteiger partial charge on any atom is 0.244 e. The van der Waals surface area contributed by atoms with Crippen molar-refractivity contribution in [1.82, 2.24) is 4.72 Å². The highest BCUT2D eigenvalue weighted by atomic mass is 32.2. The minimum absolute atomic E-state index is 0.133. The number of hydrogen-bond donors (Lipinski definition) is 2. The van der Waals surface area contributed by atoms with E-state index in [1.807, 2.05) is 6.92 Å². The molecule has 7 heteroatoms. The highest BCUT2D eigenvalue weighted by Crippen LogP contribution is 2.27. The number of ether oxygens (including phenoxy) is 1. The minimum atomic E-state index is -3.61. The molecule has 0 amide bonds. The number of nitrogens with two attached hydrogens (primary N) is 1. The molecule has 0 radical (unpaired) electrons. The number of furan rings is 1. The molecule has 6 nitrogen and oxygen atoms in total. The molecular weight excluding hydrogens is 292 g/mol. The second kappa shape index (κ2) is 6.48. The van der Waals surface area contributed by atoms with Crippen LogP contribution >= 0.6 is 0 Å². The second-order valence-electron chi connectivity index (χ2n) is 5.44. The molecule has 1 fully saturated rings. The molecule has 0 spiro atoms. The van der Waals surface area contributed by atoms with E-state index in [-0.39, 0.29) is 23.5 Å². The van der Waals surface area contributed by atoms with Crippen molar-refractivity contribution in [2.45, 2.75) is 51.2 Å². The van der Waals surface area contributed by atoms with Gasteiger partial charge in [0.2, 0.25) is 10.0 Å². The summed E-state index contributed by atoms with van der Waals surface area (Å²) in [5.41, 5.74) is 6.20. The van der Waals surface area contributed by atoms with Gasteiger partial charge in [0.05, 0.1) is 6.10 Å². The minimum Gasteiger partial charge on any atom is -0.465 e. The normalized spacial score (nSPS) is 22.9. The van der Waals surface area contributed by atoms with E-state index in [1.165, 1.54) is 0 Å². The molecule has 2 atom stereocenters. The van der Waals surface area contributed by atoms with E-state index in [2.05, 4.69) is 4.72 Å². The van der Waals surface area contributed by atoms with Crippen molar-refractivity contribution in [3.63, 3.8) is 0 Å². The quantitative estimate of drug-likeness (QED) is 0.828. The van der Waals surface area contributed by atoms with Crippen molar-refractivity contribution in [3.05, 3.63) is 17.1 Å². The van der Waals surface area contributed by atoms with Gasteiger partial charge in [-0.2, -0.15) is 0 Å². The van der Waals surface area contributed by atoms with Gasteiger partial charge in [-0.3, -0.25) is 0 Å². The lowest BCUT2D eigenvalue weighted by molar-refractivity contribution is 0.0884. The van der Waals surface area contributed by atoms with Gasteiger partial charge >= 0.3 is 0 Å². The molecule has 1 aromatic rings. The summed E-state index contributed by atoms with van der Waals surface area (Å²) in [6, 6.07) is 0. The number of aryl methyl sites for hydroxylation is 2. The van der Waals surface area contributed by atoms with Gasteiger partial charge in [0.15, 0.2) is 0 Å². The van der Waals surface area contributed by atoms with Crippen LogP contribution in [0.1, 0.15) is 36.8 Å². The Balaban J connectivity index is 2.16. The highest BCUT2D eigenvalue weighted by molar-refractivity contribution is 7.89. The third kappa shape index (κ3) is 3.31. The van der Waals surface area contributed by atoms with Crippen LogP contribution in [0.2, 0.25) is 0 Å². The van der Waals surface area contributed by atoms with Crippen LogP contribution in [0.15, 0.2) is 9.31 Å². The lowest BCUT2D eigenvalue weighted by Gasteiger charge is -2.17. The summed E-state index contributed by atoms with van der Waals surface area (Å²) in [6.07, 6.45) is 1.91. The molecule has 1 aliphatic rings. The molecule has 1 aromatic heterocycles. The van der Waals surface area contributed by atoms with Crippen LogP contribution in [-0.2, 0) is 21.3 Å². The lowest BCUT2D eigenvalue weighted by atomic mass is 10.0. The van der Waals surface area contributed by atoms with Crippen molar-refractivity contribution in [3.8, 4) is 0 Å². The standard InChI is InChI=1S/C14H24N2O4S/c1-4-13-11(5-6-19-13)8-16-21(17,18)14-10(3)20-9(2)12(14)7-15/h11,13,16H,4-8,15H2,1-3H3. The zero-order chi connectivity index (χ0) is 15.6. The smallest absolute Gasteiger partial charge is 0.244 e. The Morgan fingerprint density at radius 3 is 2.67 bits per heavy atom. The molecule has 1 saturated heterocycles. The zero-order valence-corrected chi connectivity index (χ0v) is 13.6. The van der Waals surface area contributed by atoms with Crippen molar-refractivity contribution in [2.75, 3.05) is 13.2 Å². The van der Waals surface area contributed by atoms with Crippen LogP contribution in [0, 0.1) is 19.8 Å². The molecule has 0 bridgehead atoms. The van der Waals surface area contributed by atoms with Crippen molar-refractivity contribution in [1.29, 1.82) is 0 Å². The highest BCUT2D eigenvalue weighted by Gasteiger charge is 2.30. The number of nitrogens with one attached hydrogen (secondary N) is 1. The van der Waals surface area contributed by atoms with E-state index in [0.717, 1.165) is 12.8 Å². The monoisotopic (exact) mass is 316 g/mol. The van der Waals surface area contributed by atoms with Gasteiger partial charge in [0.25, 0.3) is 0 Å². The second-order valence-corrected chi connectivity index (χ2v) is 7.15. The Morgan fingerprint density at radius 2 is 2.05 bits per heavy atom. The van der Waals surface area contributed by atoms with E-state index in [9.17, 15) is 8.42 Å². The SMILES string of the molecule is CCC1OCCC1CNS(=O)(=O)c1c(C)oc(C)c1CN. The number of sulfonamides is 1. The first-order valence-electron chi connectivity index (χ1n) is 7.30. The van der Waals surface area contributed by atoms with Crippen molar-refractivity contribution in [2.24, 2.45) is 11.7 Å². The average Bonchev–Trinajstić information content (AvgIpc) is 2.99. The Morgan fingerprint density at radius 1 is 1.33 bits per heavy atom. The van der Waals surface area contributed by atoms with Gasteiger partial charge < -0.3 is 14.9 Å². The summed E-state index contributed by atoms with van der Waals surface area (Å²) in [4.78, 5) is 0.189. The topological polar surface area (TPSA) is 94.6 Å². The molecule has 0 aromatic carbocycles. The maximum atomic E-state index is 12.5. The predicted octanol–water partition coefficient (Wildman–Crippen LogP) is 1.45. The molecule has 0 saturated carbocycles. The fraction of sp³-hybridized carbons (Fsp3) is 0.714. The van der Waals surface area contributed by atoms with E-state index >= 15 is 0 Å². The molecule has 2 unspecified atom stereocenters. The van der Waals surface area contributed by atoms with E-state index in [1.54, 1.807) is 13.8 Å². The fourth-order valence-corrected chi connectivity index (χ4v) is 4.51. The molecule has 0 aliphatic carbocycles. The van der Waals surface area contributed by atoms with Crippen LogP contribution in [-0.4, -0.2) is 27.7 Å². The predicted molar refractivity (Wildman–Crippen MR) is 79.4 cm³/mol. The molecular formula is C14H24N2O4S. The van der Waals surface area contributed by atoms with Crippen LogP contribution < -0.4 is 10.5 Å². The van der Waals surface area contributed by atoms with Crippen LogP contribution in [0.3, 0.4) is 0 Å². The van der Waals surface area contributed by atoms with Gasteiger partial charge in [-0.1, -0.05) is 6.92 Å². The largest absolute Gasteiger partial charge is 0.465 e. The summed E-state index contributed by atoms with van der Waals surface area (Å²) in [7, 11) is -3.61. The van der Waals surface area contributed by atoms with Gasteiger partial charge in [0.1, 0.15) is 16.4 Å². The summed E-state index contributed by atoms with van der Waals surface area (Å²) in [5, 5.41) is 0. The van der Waals surface area contributed by atoms with E-state index in [4.69, 9.17) is 14.9 Å². The van der Waals surface area contributed by atoms with Crippen molar-refractivity contribution >= 4 is 10.0 Å². The van der Waals surface area contributed by atoms with Crippen LogP contribution in [0.4, 0.5) is 0 Å². The van der Waals surface area contributed by atoms with Crippen LogP contribution in [0.5, 0.6) is 0 Å². The Bertz CT molecular complexity index is 594. The third-order valence-corrected chi connectivity index (χ3v) is 5.70. The zero-order valence-electron chi connectivity index (χ0n) is 12.8. The average molecular weight is 316 g/mol. The molecule has 120 valence electrons. The molecule has 2 heterocycles. The van der Waals surface area contributed by atoms with Gasteiger partial charge in [-0.15, -0.1) is 0 Å². The molecule has 2 rings (SSSR count). The Hall–Kier alpha value is -0.890. The fourth-order valence-electron chi connectivity index (χ4n) is 2.96. The maximum absolute atomic E-state index is 12.5. The first-order valence-corrected chi connectivity index (χ1v) is 8.79. The van der Waals surface area contributed by atoms with Crippen LogP contribution in [0.25, 0.3) is 0 Å². The van der Waals surface area contributed by atoms with E-state index in [0.29, 0.717) is 30.2 Å². The lowest BCUT2D eigenvalue weighted by Crippen LogP contribution is -2.33. The van der Waals surface area contributed by atoms with Crippen molar-refractivity contribution < 1.29 is 17.6 Å². The number of rotatable bonds is 6. The summed E-state index contributed by atoms with van der Waals surface area (Å²) >= 11 is 0. The van der Waals surface area contributed by atoms with E-state index < -0.39 is 10.0 Å². The van der Waals surface area contributed by atoms with Gasteiger partial charge in [-0.05, 0) is 26.7 Å². The summed E-state index contributed by atoms with van der Waals surface area (Å²) in [5.74, 6) is 1.17. The van der Waals surface area contributed by atoms with Gasteiger partial charge in [0, 0.05) is 31.2 Å². The summed E-state index contributed by atoms with van der Waals surface area (Å²) < 4.78 is 38.7.